The second-order valence-corrected chi connectivity index (χ2v) is 9.10. The van der Waals surface area contributed by atoms with Crippen LogP contribution >= 0.6 is 11.3 Å². The zero-order chi connectivity index (χ0) is 22.6. The number of aromatic amines is 1. The first-order valence-electron chi connectivity index (χ1n) is 10.3. The molecule has 1 aliphatic rings. The number of fused-ring (bicyclic) bond motifs is 1. The number of carbonyl (C=O) groups is 2. The normalized spacial score (nSPS) is 16.4. The molecular weight excluding hydrogens is 422 g/mol. The smallest absolute Gasteiger partial charge is 0.294 e. The van der Waals surface area contributed by atoms with Crippen molar-refractivity contribution in [3.63, 3.8) is 0 Å². The van der Waals surface area contributed by atoms with E-state index in [2.05, 4.69) is 9.97 Å². The number of amides is 1. The number of H-pyrrole nitrogens is 1. The predicted octanol–water partition coefficient (Wildman–Crippen LogP) is 5.33. The van der Waals surface area contributed by atoms with Gasteiger partial charge in [-0.1, -0.05) is 36.4 Å². The van der Waals surface area contributed by atoms with Crippen LogP contribution in [0.1, 0.15) is 37.5 Å². The first-order chi connectivity index (χ1) is 15.4. The van der Waals surface area contributed by atoms with Crippen molar-refractivity contribution in [2.45, 2.75) is 26.8 Å². The van der Waals surface area contributed by atoms with Crippen molar-refractivity contribution in [2.24, 2.45) is 0 Å². The van der Waals surface area contributed by atoms with Crippen LogP contribution < -0.4 is 4.90 Å². The number of benzene rings is 2. The quantitative estimate of drug-likeness (QED) is 0.417. The Kier molecular flexibility index (Phi) is 4.71. The van der Waals surface area contributed by atoms with E-state index in [1.807, 2.05) is 68.6 Å². The van der Waals surface area contributed by atoms with Gasteiger partial charge in [0.25, 0.3) is 5.91 Å². The summed E-state index contributed by atoms with van der Waals surface area (Å²) in [4.78, 5) is 36.6. The molecule has 7 heteroatoms. The summed E-state index contributed by atoms with van der Waals surface area (Å²) < 4.78 is 0. The van der Waals surface area contributed by atoms with Gasteiger partial charge in [0.2, 0.25) is 5.78 Å². The van der Waals surface area contributed by atoms with Crippen molar-refractivity contribution < 1.29 is 14.7 Å². The van der Waals surface area contributed by atoms with Gasteiger partial charge in [-0.15, -0.1) is 11.3 Å². The number of nitrogens with zero attached hydrogens (tertiary/aromatic N) is 2. The highest BCUT2D eigenvalue weighted by Crippen LogP contribution is 2.45. The number of aryl methyl sites for hydroxylation is 3. The summed E-state index contributed by atoms with van der Waals surface area (Å²) in [7, 11) is 0. The van der Waals surface area contributed by atoms with Crippen LogP contribution in [-0.4, -0.2) is 26.8 Å². The minimum absolute atomic E-state index is 0.0785. The third-order valence-corrected chi connectivity index (χ3v) is 6.92. The number of aromatic nitrogens is 2. The van der Waals surface area contributed by atoms with Crippen molar-refractivity contribution >= 4 is 39.6 Å². The van der Waals surface area contributed by atoms with Crippen LogP contribution in [0, 0.1) is 20.8 Å². The maximum atomic E-state index is 13.7. The standard InChI is InChI=1S/C25H21N3O3S/c1-13-8-4-7-11-19(13)28-21(17-12-26-18-10-6-5-9-16(17)18)20(23(30)25(28)31)22(29)24-14(2)27-15(3)32-24/h4-12,21,26,30H,1-3H3. The maximum absolute atomic E-state index is 13.7. The van der Waals surface area contributed by atoms with E-state index >= 15 is 0 Å². The molecular formula is C25H21N3O3S. The van der Waals surface area contributed by atoms with E-state index in [4.69, 9.17) is 0 Å². The van der Waals surface area contributed by atoms with Crippen LogP contribution in [0.3, 0.4) is 0 Å². The lowest BCUT2D eigenvalue weighted by Crippen LogP contribution is -2.31. The number of anilines is 1. The van der Waals surface area contributed by atoms with Gasteiger partial charge in [0.15, 0.2) is 5.76 Å². The molecule has 1 amide bonds. The number of para-hydroxylation sites is 2. The Morgan fingerprint density at radius 3 is 2.53 bits per heavy atom. The molecule has 32 heavy (non-hydrogen) atoms. The average Bonchev–Trinajstić information content (AvgIpc) is 3.42. The number of rotatable bonds is 4. The van der Waals surface area contributed by atoms with Crippen LogP contribution in [0.2, 0.25) is 0 Å². The minimum atomic E-state index is -0.769. The van der Waals surface area contributed by atoms with Gasteiger partial charge in [-0.25, -0.2) is 4.98 Å². The molecule has 0 saturated carbocycles. The molecule has 3 heterocycles. The summed E-state index contributed by atoms with van der Waals surface area (Å²) in [5.41, 5.74) is 3.84. The molecule has 2 N–H and O–H groups in total. The van der Waals surface area contributed by atoms with E-state index in [9.17, 15) is 14.7 Å². The monoisotopic (exact) mass is 443 g/mol. The fourth-order valence-corrected chi connectivity index (χ4v) is 5.27. The minimum Gasteiger partial charge on any atom is -0.503 e. The zero-order valence-electron chi connectivity index (χ0n) is 17.8. The summed E-state index contributed by atoms with van der Waals surface area (Å²) in [6.07, 6.45) is 1.81. The second kappa shape index (κ2) is 7.46. The molecule has 6 nitrogen and oxygen atoms in total. The highest BCUT2D eigenvalue weighted by atomic mass is 32.1. The summed E-state index contributed by atoms with van der Waals surface area (Å²) in [6, 6.07) is 14.4. The zero-order valence-corrected chi connectivity index (χ0v) is 18.7. The molecule has 0 spiro atoms. The van der Waals surface area contributed by atoms with E-state index in [1.54, 1.807) is 6.92 Å². The van der Waals surface area contributed by atoms with E-state index in [0.717, 1.165) is 27.0 Å². The fourth-order valence-electron chi connectivity index (χ4n) is 4.40. The van der Waals surface area contributed by atoms with E-state index in [1.165, 1.54) is 16.2 Å². The Bertz CT molecular complexity index is 1430. The van der Waals surface area contributed by atoms with Crippen molar-refractivity contribution in [1.82, 2.24) is 9.97 Å². The van der Waals surface area contributed by atoms with Gasteiger partial charge in [-0.05, 0) is 38.5 Å². The molecule has 0 aliphatic carbocycles. The number of carbonyl (C=O) groups excluding carboxylic acids is 2. The topological polar surface area (TPSA) is 86.3 Å². The molecule has 0 bridgehead atoms. The van der Waals surface area contributed by atoms with Crippen LogP contribution in [0.4, 0.5) is 5.69 Å². The van der Waals surface area contributed by atoms with Crippen molar-refractivity contribution in [3.8, 4) is 0 Å². The number of nitrogens with one attached hydrogen (secondary N) is 1. The highest BCUT2D eigenvalue weighted by molar-refractivity contribution is 7.14. The number of Topliss-reactive ketones (excluding diaryl/α,β-unsaturated/α-hetero) is 1. The molecule has 1 unspecified atom stereocenters. The summed E-state index contributed by atoms with van der Waals surface area (Å²) in [6.45, 7) is 5.51. The van der Waals surface area contributed by atoms with Gasteiger partial charge in [0, 0.05) is 28.4 Å². The lowest BCUT2D eigenvalue weighted by atomic mass is 9.94. The summed E-state index contributed by atoms with van der Waals surface area (Å²) >= 11 is 1.27. The van der Waals surface area contributed by atoms with Gasteiger partial charge in [0.1, 0.15) is 0 Å². The molecule has 0 radical (unpaired) electrons. The Labute approximate surface area is 188 Å². The predicted molar refractivity (Wildman–Crippen MR) is 125 cm³/mol. The van der Waals surface area contributed by atoms with Crippen molar-refractivity contribution in [3.05, 3.63) is 92.8 Å². The van der Waals surface area contributed by atoms with E-state index in [0.29, 0.717) is 16.3 Å². The van der Waals surface area contributed by atoms with Crippen LogP contribution in [0.25, 0.3) is 10.9 Å². The van der Waals surface area contributed by atoms with Crippen LogP contribution in [-0.2, 0) is 4.79 Å². The maximum Gasteiger partial charge on any atom is 0.294 e. The SMILES string of the molecule is Cc1nc(C)c(C(=O)C2=C(O)C(=O)N(c3ccccc3C)C2c2c[nH]c3ccccc23)s1. The van der Waals surface area contributed by atoms with Crippen molar-refractivity contribution in [2.75, 3.05) is 4.90 Å². The highest BCUT2D eigenvalue weighted by Gasteiger charge is 2.46. The summed E-state index contributed by atoms with van der Waals surface area (Å²) in [5.74, 6) is -1.47. The molecule has 2 aromatic heterocycles. The van der Waals surface area contributed by atoms with Gasteiger partial charge in [-0.2, -0.15) is 0 Å². The lowest BCUT2D eigenvalue weighted by Gasteiger charge is -2.27. The molecule has 0 saturated heterocycles. The number of hydrogen-bond donors (Lipinski definition) is 2. The average molecular weight is 444 g/mol. The second-order valence-electron chi connectivity index (χ2n) is 7.89. The Hall–Kier alpha value is -3.71. The fraction of sp³-hybridized carbons (Fsp3) is 0.160. The molecule has 1 aliphatic heterocycles. The Morgan fingerprint density at radius 1 is 1.09 bits per heavy atom. The van der Waals surface area contributed by atoms with Crippen molar-refractivity contribution in [1.29, 1.82) is 0 Å². The van der Waals surface area contributed by atoms with Gasteiger partial charge in [-0.3, -0.25) is 14.5 Å². The third kappa shape index (κ3) is 2.97. The van der Waals surface area contributed by atoms with Crippen LogP contribution in [0.5, 0.6) is 0 Å². The third-order valence-electron chi connectivity index (χ3n) is 5.85. The first kappa shape index (κ1) is 20.2. The number of hydrogen-bond acceptors (Lipinski definition) is 5. The van der Waals surface area contributed by atoms with Crippen LogP contribution in [0.15, 0.2) is 66.1 Å². The Balaban J connectivity index is 1.76. The summed E-state index contributed by atoms with van der Waals surface area (Å²) in [5, 5.41) is 12.6. The van der Waals surface area contributed by atoms with Gasteiger partial charge >= 0.3 is 0 Å². The van der Waals surface area contributed by atoms with E-state index in [-0.39, 0.29) is 11.4 Å². The lowest BCUT2D eigenvalue weighted by molar-refractivity contribution is -0.117. The number of ketones is 1. The Morgan fingerprint density at radius 2 is 1.81 bits per heavy atom. The number of aliphatic hydroxyl groups is 1. The molecule has 1 atom stereocenters. The molecule has 0 fully saturated rings. The molecule has 5 rings (SSSR count). The van der Waals surface area contributed by atoms with E-state index < -0.39 is 17.7 Å². The number of aliphatic hydroxyl groups excluding tert-OH is 1. The van der Waals surface area contributed by atoms with Gasteiger partial charge < -0.3 is 10.1 Å². The number of thiazole rings is 1. The largest absolute Gasteiger partial charge is 0.503 e. The molecule has 4 aromatic rings. The van der Waals surface area contributed by atoms with Gasteiger partial charge in [0.05, 0.1) is 27.2 Å². The first-order valence-corrected chi connectivity index (χ1v) is 11.1. The molecule has 2 aromatic carbocycles. The molecule has 160 valence electrons.